The van der Waals surface area contributed by atoms with Crippen LogP contribution in [-0.4, -0.2) is 30.9 Å². The maximum absolute atomic E-state index is 12.1. The molecule has 0 bridgehead atoms. The van der Waals surface area contributed by atoms with Gasteiger partial charge in [-0.25, -0.2) is 0 Å². The lowest BCUT2D eigenvalue weighted by Crippen LogP contribution is -2.41. The fourth-order valence-corrected chi connectivity index (χ4v) is 4.30. The largest absolute Gasteiger partial charge is 0.356 e. The molecule has 5 heteroatoms. The molecule has 0 rings (SSSR count). The summed E-state index contributed by atoms with van der Waals surface area (Å²) in [4.78, 5) is 24.1. The molecule has 0 aliphatic heterocycles. The van der Waals surface area contributed by atoms with Gasteiger partial charge in [-0.15, -0.1) is 0 Å². The highest BCUT2D eigenvalue weighted by molar-refractivity contribution is 5.82. The van der Waals surface area contributed by atoms with Gasteiger partial charge in [0.1, 0.15) is 0 Å². The van der Waals surface area contributed by atoms with Gasteiger partial charge in [0.2, 0.25) is 11.8 Å². The zero-order valence-corrected chi connectivity index (χ0v) is 22.9. The molecule has 5 nitrogen and oxygen atoms in total. The van der Waals surface area contributed by atoms with Crippen LogP contribution in [-0.2, 0) is 9.59 Å². The Morgan fingerprint density at radius 2 is 0.912 bits per heavy atom. The van der Waals surface area contributed by atoms with Gasteiger partial charge in [0, 0.05) is 19.5 Å². The van der Waals surface area contributed by atoms with Crippen LogP contribution in [0.1, 0.15) is 155 Å². The SMILES string of the molecule is CCCCCCCCCCCCNC(=O)CC[C@H](N)C(=O)NCCCCCCCCCCCC. The molecule has 1 atom stereocenters. The summed E-state index contributed by atoms with van der Waals surface area (Å²) in [5.41, 5.74) is 5.96. The number of hydrogen-bond acceptors (Lipinski definition) is 3. The highest BCUT2D eigenvalue weighted by Gasteiger charge is 2.14. The fraction of sp³-hybridized carbons (Fsp3) is 0.931. The quantitative estimate of drug-likeness (QED) is 0.114. The van der Waals surface area contributed by atoms with Crippen molar-refractivity contribution in [3.8, 4) is 0 Å². The van der Waals surface area contributed by atoms with Crippen molar-refractivity contribution in [2.45, 2.75) is 161 Å². The van der Waals surface area contributed by atoms with Crippen molar-refractivity contribution in [2.75, 3.05) is 13.1 Å². The van der Waals surface area contributed by atoms with E-state index in [9.17, 15) is 9.59 Å². The Morgan fingerprint density at radius 1 is 0.559 bits per heavy atom. The highest BCUT2D eigenvalue weighted by Crippen LogP contribution is 2.11. The number of carbonyl (C=O) groups excluding carboxylic acids is 2. The van der Waals surface area contributed by atoms with Crippen LogP contribution in [0, 0.1) is 0 Å². The van der Waals surface area contributed by atoms with Crippen molar-refractivity contribution in [3.63, 3.8) is 0 Å². The lowest BCUT2D eigenvalue weighted by Gasteiger charge is -2.12. The molecule has 0 spiro atoms. The summed E-state index contributed by atoms with van der Waals surface area (Å²) in [6, 6.07) is -0.591. The van der Waals surface area contributed by atoms with Crippen LogP contribution in [0.5, 0.6) is 0 Å². The van der Waals surface area contributed by atoms with E-state index in [0.717, 1.165) is 25.8 Å². The maximum atomic E-state index is 12.1. The van der Waals surface area contributed by atoms with Crippen molar-refractivity contribution in [3.05, 3.63) is 0 Å². The van der Waals surface area contributed by atoms with Gasteiger partial charge < -0.3 is 16.4 Å². The monoisotopic (exact) mass is 481 g/mol. The molecule has 0 heterocycles. The standard InChI is InChI=1S/C29H59N3O2/c1-3-5-7-9-11-13-15-17-19-21-25-31-28(33)24-23-27(30)29(34)32-26-22-20-18-16-14-12-10-8-6-4-2/h27H,3-26,30H2,1-2H3,(H,31,33)(H,32,34)/t27-/m0/s1. The van der Waals surface area contributed by atoms with Crippen molar-refractivity contribution in [2.24, 2.45) is 5.73 Å². The predicted octanol–water partition coefficient (Wildman–Crippen LogP) is 7.17. The van der Waals surface area contributed by atoms with Crippen LogP contribution in [0.4, 0.5) is 0 Å². The minimum Gasteiger partial charge on any atom is -0.356 e. The molecule has 2 amide bonds. The summed E-state index contributed by atoms with van der Waals surface area (Å²) in [5.74, 6) is -0.118. The third-order valence-electron chi connectivity index (χ3n) is 6.70. The molecule has 0 radical (unpaired) electrons. The van der Waals surface area contributed by atoms with Gasteiger partial charge in [0.05, 0.1) is 6.04 Å². The second kappa shape index (κ2) is 26.5. The molecule has 0 aliphatic rings. The van der Waals surface area contributed by atoms with Gasteiger partial charge in [-0.2, -0.15) is 0 Å². The second-order valence-corrected chi connectivity index (χ2v) is 10.2. The second-order valence-electron chi connectivity index (χ2n) is 10.2. The normalized spacial score (nSPS) is 12.0. The number of nitrogens with one attached hydrogen (secondary N) is 2. The van der Waals surface area contributed by atoms with E-state index >= 15 is 0 Å². The van der Waals surface area contributed by atoms with Crippen LogP contribution in [0.2, 0.25) is 0 Å². The minimum atomic E-state index is -0.591. The Morgan fingerprint density at radius 3 is 1.32 bits per heavy atom. The van der Waals surface area contributed by atoms with E-state index in [4.69, 9.17) is 5.73 Å². The summed E-state index contributed by atoms with van der Waals surface area (Å²) in [6.07, 6.45) is 26.5. The van der Waals surface area contributed by atoms with E-state index < -0.39 is 6.04 Å². The first-order chi connectivity index (χ1) is 16.6. The fourth-order valence-electron chi connectivity index (χ4n) is 4.30. The molecule has 202 valence electrons. The lowest BCUT2D eigenvalue weighted by molar-refractivity contribution is -0.123. The topological polar surface area (TPSA) is 84.2 Å². The van der Waals surface area contributed by atoms with Crippen LogP contribution in [0.15, 0.2) is 0 Å². The molecule has 4 N–H and O–H groups in total. The molecule has 0 saturated carbocycles. The van der Waals surface area contributed by atoms with Gasteiger partial charge in [-0.05, 0) is 19.3 Å². The number of amides is 2. The van der Waals surface area contributed by atoms with Crippen molar-refractivity contribution >= 4 is 11.8 Å². The van der Waals surface area contributed by atoms with Crippen molar-refractivity contribution < 1.29 is 9.59 Å². The Balaban J connectivity index is 3.44. The van der Waals surface area contributed by atoms with Gasteiger partial charge in [-0.3, -0.25) is 9.59 Å². The zero-order chi connectivity index (χ0) is 25.1. The summed E-state index contributed by atoms with van der Waals surface area (Å²) in [6.45, 7) is 5.93. The molecule has 0 fully saturated rings. The van der Waals surface area contributed by atoms with E-state index in [-0.39, 0.29) is 11.8 Å². The number of unbranched alkanes of at least 4 members (excludes halogenated alkanes) is 18. The van der Waals surface area contributed by atoms with Crippen LogP contribution >= 0.6 is 0 Å². The summed E-state index contributed by atoms with van der Waals surface area (Å²) < 4.78 is 0. The minimum absolute atomic E-state index is 0.00821. The first-order valence-corrected chi connectivity index (χ1v) is 14.9. The maximum Gasteiger partial charge on any atom is 0.236 e. The molecule has 0 aromatic rings. The molecular weight excluding hydrogens is 422 g/mol. The number of hydrogen-bond donors (Lipinski definition) is 3. The summed E-state index contributed by atoms with van der Waals surface area (Å²) in [5, 5.41) is 5.89. The number of nitrogens with two attached hydrogens (primary N) is 1. The Hall–Kier alpha value is -1.10. The molecule has 0 unspecified atom stereocenters. The zero-order valence-electron chi connectivity index (χ0n) is 22.9. The summed E-state index contributed by atoms with van der Waals surface area (Å²) in [7, 11) is 0. The first-order valence-electron chi connectivity index (χ1n) is 14.9. The van der Waals surface area contributed by atoms with Gasteiger partial charge in [-0.1, -0.05) is 129 Å². The van der Waals surface area contributed by atoms with E-state index in [1.807, 2.05) is 0 Å². The van der Waals surface area contributed by atoms with Crippen LogP contribution in [0.25, 0.3) is 0 Å². The van der Waals surface area contributed by atoms with E-state index in [1.165, 1.54) is 109 Å². The molecule has 0 aliphatic carbocycles. The third-order valence-corrected chi connectivity index (χ3v) is 6.70. The Kier molecular flexibility index (Phi) is 25.6. The number of carbonyl (C=O) groups is 2. The van der Waals surface area contributed by atoms with Gasteiger partial charge >= 0.3 is 0 Å². The Bertz CT molecular complexity index is 457. The molecule has 0 saturated heterocycles. The number of rotatable bonds is 26. The smallest absolute Gasteiger partial charge is 0.236 e. The molecule has 34 heavy (non-hydrogen) atoms. The predicted molar refractivity (Wildman–Crippen MR) is 147 cm³/mol. The average Bonchev–Trinajstić information content (AvgIpc) is 2.84. The van der Waals surface area contributed by atoms with Crippen LogP contribution in [0.3, 0.4) is 0 Å². The molecule has 0 aromatic heterocycles. The van der Waals surface area contributed by atoms with E-state index in [2.05, 4.69) is 24.5 Å². The molecular formula is C29H59N3O2. The average molecular weight is 482 g/mol. The Labute approximate surface area is 212 Å². The van der Waals surface area contributed by atoms with E-state index in [0.29, 0.717) is 19.4 Å². The van der Waals surface area contributed by atoms with Crippen LogP contribution < -0.4 is 16.4 Å². The first kappa shape index (κ1) is 32.9. The van der Waals surface area contributed by atoms with E-state index in [1.54, 1.807) is 0 Å². The van der Waals surface area contributed by atoms with Gasteiger partial charge in [0.25, 0.3) is 0 Å². The molecule has 0 aromatic carbocycles. The lowest BCUT2D eigenvalue weighted by atomic mass is 10.1. The van der Waals surface area contributed by atoms with Crippen molar-refractivity contribution in [1.82, 2.24) is 10.6 Å². The summed E-state index contributed by atoms with van der Waals surface area (Å²) >= 11 is 0. The van der Waals surface area contributed by atoms with Crippen molar-refractivity contribution in [1.29, 1.82) is 0 Å². The third kappa shape index (κ3) is 24.0. The van der Waals surface area contributed by atoms with Gasteiger partial charge in [0.15, 0.2) is 0 Å². The highest BCUT2D eigenvalue weighted by atomic mass is 16.2.